The Morgan fingerprint density at radius 1 is 1.53 bits per heavy atom. The van der Waals surface area contributed by atoms with Crippen LogP contribution in [0.2, 0.25) is 0 Å². The van der Waals surface area contributed by atoms with Crippen molar-refractivity contribution in [2.24, 2.45) is 0 Å². The molecule has 0 aliphatic rings. The minimum atomic E-state index is 0.916. The summed E-state index contributed by atoms with van der Waals surface area (Å²) in [7, 11) is 0. The summed E-state index contributed by atoms with van der Waals surface area (Å²) in [6, 6.07) is 6.18. The van der Waals surface area contributed by atoms with Crippen molar-refractivity contribution in [2.75, 3.05) is 5.75 Å². The average molecular weight is 218 g/mol. The molecule has 1 heterocycles. The Labute approximate surface area is 93.8 Å². The summed E-state index contributed by atoms with van der Waals surface area (Å²) in [4.78, 5) is 7.85. The highest BCUT2D eigenvalue weighted by Crippen LogP contribution is 2.22. The van der Waals surface area contributed by atoms with Crippen LogP contribution < -0.4 is 0 Å². The SMILES string of the molecule is C=C(C)CSc1nc2c(C)cccc2[nH]1. The molecule has 0 aliphatic carbocycles. The van der Waals surface area contributed by atoms with E-state index >= 15 is 0 Å². The summed E-state index contributed by atoms with van der Waals surface area (Å²) in [5.41, 5.74) is 4.56. The van der Waals surface area contributed by atoms with Gasteiger partial charge in [-0.05, 0) is 25.5 Å². The quantitative estimate of drug-likeness (QED) is 0.630. The van der Waals surface area contributed by atoms with Crippen molar-refractivity contribution >= 4 is 22.8 Å². The highest BCUT2D eigenvalue weighted by molar-refractivity contribution is 7.99. The molecule has 78 valence electrons. The topological polar surface area (TPSA) is 28.7 Å². The Balaban J connectivity index is 2.31. The molecule has 2 aromatic rings. The number of aromatic nitrogens is 2. The first-order chi connectivity index (χ1) is 7.16. The number of para-hydroxylation sites is 1. The molecule has 3 heteroatoms. The molecule has 15 heavy (non-hydrogen) atoms. The van der Waals surface area contributed by atoms with E-state index < -0.39 is 0 Å². The first-order valence-corrected chi connectivity index (χ1v) is 5.88. The van der Waals surface area contributed by atoms with Gasteiger partial charge in [-0.15, -0.1) is 0 Å². The van der Waals surface area contributed by atoms with Gasteiger partial charge >= 0.3 is 0 Å². The molecule has 0 spiro atoms. The van der Waals surface area contributed by atoms with Gasteiger partial charge in [0.05, 0.1) is 11.0 Å². The fourth-order valence-electron chi connectivity index (χ4n) is 1.41. The van der Waals surface area contributed by atoms with Crippen molar-refractivity contribution in [3.05, 3.63) is 35.9 Å². The maximum Gasteiger partial charge on any atom is 0.166 e. The highest BCUT2D eigenvalue weighted by Gasteiger charge is 2.04. The van der Waals surface area contributed by atoms with E-state index in [2.05, 4.69) is 35.6 Å². The van der Waals surface area contributed by atoms with Crippen LogP contribution in [0.15, 0.2) is 35.5 Å². The largest absolute Gasteiger partial charge is 0.333 e. The molecular formula is C12H14N2S. The second-order valence-electron chi connectivity index (χ2n) is 3.76. The van der Waals surface area contributed by atoms with Crippen LogP contribution >= 0.6 is 11.8 Å². The number of aryl methyl sites for hydroxylation is 1. The van der Waals surface area contributed by atoms with Crippen molar-refractivity contribution < 1.29 is 0 Å². The standard InChI is InChI=1S/C12H14N2S/c1-8(2)7-15-12-13-10-6-4-5-9(3)11(10)14-12/h4-6H,1,7H2,2-3H3,(H,13,14). The van der Waals surface area contributed by atoms with Crippen LogP contribution in [0.5, 0.6) is 0 Å². The van der Waals surface area contributed by atoms with E-state index in [-0.39, 0.29) is 0 Å². The Kier molecular flexibility index (Phi) is 2.82. The Morgan fingerprint density at radius 2 is 2.33 bits per heavy atom. The van der Waals surface area contributed by atoms with E-state index in [0.717, 1.165) is 27.5 Å². The van der Waals surface area contributed by atoms with Gasteiger partial charge in [-0.1, -0.05) is 36.0 Å². The van der Waals surface area contributed by atoms with Crippen molar-refractivity contribution in [2.45, 2.75) is 19.0 Å². The number of imidazole rings is 1. The number of nitrogens with one attached hydrogen (secondary N) is 1. The van der Waals surface area contributed by atoms with Gasteiger partial charge < -0.3 is 4.98 Å². The number of thioether (sulfide) groups is 1. The van der Waals surface area contributed by atoms with E-state index in [0.29, 0.717) is 0 Å². The number of aromatic amines is 1. The Morgan fingerprint density at radius 3 is 3.00 bits per heavy atom. The van der Waals surface area contributed by atoms with Crippen LogP contribution in [0.25, 0.3) is 11.0 Å². The fourth-order valence-corrected chi connectivity index (χ4v) is 2.13. The Bertz CT molecular complexity index is 499. The molecule has 0 unspecified atom stereocenters. The van der Waals surface area contributed by atoms with Crippen molar-refractivity contribution in [1.29, 1.82) is 0 Å². The van der Waals surface area contributed by atoms with Gasteiger partial charge in [0.2, 0.25) is 0 Å². The predicted molar refractivity (Wildman–Crippen MR) is 66.4 cm³/mol. The molecular weight excluding hydrogens is 204 g/mol. The molecule has 0 radical (unpaired) electrons. The molecule has 0 fully saturated rings. The van der Waals surface area contributed by atoms with Gasteiger partial charge in [-0.2, -0.15) is 0 Å². The summed E-state index contributed by atoms with van der Waals surface area (Å²) in [6.45, 7) is 7.99. The molecule has 1 aromatic heterocycles. The smallest absolute Gasteiger partial charge is 0.166 e. The summed E-state index contributed by atoms with van der Waals surface area (Å²) in [5.74, 6) is 0.916. The molecule has 1 aromatic carbocycles. The van der Waals surface area contributed by atoms with Crippen molar-refractivity contribution in [1.82, 2.24) is 9.97 Å². The zero-order valence-electron chi connectivity index (χ0n) is 9.00. The lowest BCUT2D eigenvalue weighted by molar-refractivity contribution is 1.08. The van der Waals surface area contributed by atoms with Crippen LogP contribution in [-0.4, -0.2) is 15.7 Å². The summed E-state index contributed by atoms with van der Waals surface area (Å²) in [5, 5.41) is 0.974. The Hall–Kier alpha value is -1.22. The number of nitrogens with zero attached hydrogens (tertiary/aromatic N) is 1. The molecule has 2 rings (SSSR count). The second kappa shape index (κ2) is 4.11. The van der Waals surface area contributed by atoms with Crippen LogP contribution in [0, 0.1) is 6.92 Å². The maximum atomic E-state index is 4.55. The summed E-state index contributed by atoms with van der Waals surface area (Å²) >= 11 is 1.70. The molecule has 0 atom stereocenters. The van der Waals surface area contributed by atoms with Gasteiger partial charge in [0.15, 0.2) is 5.16 Å². The molecule has 0 amide bonds. The van der Waals surface area contributed by atoms with Crippen LogP contribution in [-0.2, 0) is 0 Å². The third-order valence-corrected chi connectivity index (χ3v) is 3.25. The van der Waals surface area contributed by atoms with Crippen LogP contribution in [0.3, 0.4) is 0 Å². The lowest BCUT2D eigenvalue weighted by atomic mass is 10.2. The zero-order valence-corrected chi connectivity index (χ0v) is 9.82. The van der Waals surface area contributed by atoms with Crippen LogP contribution in [0.1, 0.15) is 12.5 Å². The monoisotopic (exact) mass is 218 g/mol. The highest BCUT2D eigenvalue weighted by atomic mass is 32.2. The number of H-pyrrole nitrogens is 1. The lowest BCUT2D eigenvalue weighted by Gasteiger charge is -1.94. The molecule has 0 aliphatic heterocycles. The van der Waals surface area contributed by atoms with Crippen molar-refractivity contribution in [3.8, 4) is 0 Å². The van der Waals surface area contributed by atoms with Crippen molar-refractivity contribution in [3.63, 3.8) is 0 Å². The normalized spacial score (nSPS) is 10.8. The second-order valence-corrected chi connectivity index (χ2v) is 4.72. The number of fused-ring (bicyclic) bond motifs is 1. The summed E-state index contributed by atoms with van der Waals surface area (Å²) < 4.78 is 0. The molecule has 0 bridgehead atoms. The van der Waals surface area contributed by atoms with Gasteiger partial charge in [-0.25, -0.2) is 4.98 Å². The first kappa shape index (κ1) is 10.3. The molecule has 0 saturated heterocycles. The number of hydrogen-bond acceptors (Lipinski definition) is 2. The predicted octanol–water partition coefficient (Wildman–Crippen LogP) is 3.54. The van der Waals surface area contributed by atoms with Gasteiger partial charge in [0.1, 0.15) is 0 Å². The minimum absolute atomic E-state index is 0.916. The maximum absolute atomic E-state index is 4.55. The number of hydrogen-bond donors (Lipinski definition) is 1. The first-order valence-electron chi connectivity index (χ1n) is 4.89. The average Bonchev–Trinajstić information content (AvgIpc) is 2.59. The van der Waals surface area contributed by atoms with Crippen LogP contribution in [0.4, 0.5) is 0 Å². The van der Waals surface area contributed by atoms with E-state index in [1.807, 2.05) is 13.0 Å². The van der Waals surface area contributed by atoms with E-state index in [4.69, 9.17) is 0 Å². The minimum Gasteiger partial charge on any atom is -0.333 e. The van der Waals surface area contributed by atoms with E-state index in [1.54, 1.807) is 11.8 Å². The molecule has 1 N–H and O–H groups in total. The lowest BCUT2D eigenvalue weighted by Crippen LogP contribution is -1.80. The number of rotatable bonds is 3. The van der Waals surface area contributed by atoms with E-state index in [1.165, 1.54) is 5.56 Å². The molecule has 2 nitrogen and oxygen atoms in total. The summed E-state index contributed by atoms with van der Waals surface area (Å²) in [6.07, 6.45) is 0. The third-order valence-electron chi connectivity index (χ3n) is 2.15. The molecule has 0 saturated carbocycles. The van der Waals surface area contributed by atoms with E-state index in [9.17, 15) is 0 Å². The van der Waals surface area contributed by atoms with Gasteiger partial charge in [0, 0.05) is 5.75 Å². The van der Waals surface area contributed by atoms with Gasteiger partial charge in [-0.3, -0.25) is 0 Å². The number of benzene rings is 1. The zero-order chi connectivity index (χ0) is 10.8. The fraction of sp³-hybridized carbons (Fsp3) is 0.250. The van der Waals surface area contributed by atoms with Gasteiger partial charge in [0.25, 0.3) is 0 Å². The third kappa shape index (κ3) is 2.23.